The molecule has 1 N–H and O–H groups in total. The molecule has 0 saturated heterocycles. The predicted octanol–water partition coefficient (Wildman–Crippen LogP) is -0.200. The van der Waals surface area contributed by atoms with Crippen LogP contribution in [0, 0.1) is 0 Å². The van der Waals surface area contributed by atoms with Crippen LogP contribution in [0.2, 0.25) is 0 Å². The summed E-state index contributed by atoms with van der Waals surface area (Å²) in [6.45, 7) is 0. The molecule has 0 aromatic carbocycles. The number of esters is 1. The van der Waals surface area contributed by atoms with Gasteiger partial charge in [0.2, 0.25) is 0 Å². The van der Waals surface area contributed by atoms with E-state index < -0.39 is 11.5 Å². The Morgan fingerprint density at radius 1 is 1.67 bits per heavy atom. The molecule has 0 aromatic rings. The second-order valence-electron chi connectivity index (χ2n) is 1.19. The number of hydrogen-bond donors (Lipinski definition) is 1. The van der Waals surface area contributed by atoms with Crippen LogP contribution in [-0.4, -0.2) is 24.5 Å². The zero-order chi connectivity index (χ0) is 7.28. The van der Waals surface area contributed by atoms with Gasteiger partial charge in [0.05, 0.1) is 13.4 Å². The highest BCUT2D eigenvalue weighted by Crippen LogP contribution is 1.89. The summed E-state index contributed by atoms with van der Waals surface area (Å²) in [5.74, 6) is -0.840. The van der Waals surface area contributed by atoms with E-state index in [9.17, 15) is 9.59 Å². The van der Waals surface area contributed by atoms with E-state index >= 15 is 0 Å². The fraction of sp³-hybridized carbons (Fsp3) is 0.200. The van der Waals surface area contributed by atoms with Gasteiger partial charge in [0.15, 0.2) is 6.29 Å². The van der Waals surface area contributed by atoms with Gasteiger partial charge in [-0.1, -0.05) is 0 Å². The van der Waals surface area contributed by atoms with Gasteiger partial charge in [-0.15, -0.1) is 0 Å². The number of aliphatic hydroxyl groups excluding tert-OH is 1. The lowest BCUT2D eigenvalue weighted by molar-refractivity contribution is -0.136. The van der Waals surface area contributed by atoms with Crippen molar-refractivity contribution < 1.29 is 19.4 Å². The van der Waals surface area contributed by atoms with Crippen LogP contribution < -0.4 is 0 Å². The molecule has 0 amide bonds. The standard InChI is InChI=1S/C5H6O4/c1-9-5(8)4(2-6)3-7/h2-3,6H,1H3/b4-2+. The van der Waals surface area contributed by atoms with Gasteiger partial charge in [-0.3, -0.25) is 4.79 Å². The minimum absolute atomic E-state index is 0.214. The first-order chi connectivity index (χ1) is 4.26. The van der Waals surface area contributed by atoms with Gasteiger partial charge in [-0.2, -0.15) is 0 Å². The molecule has 0 heterocycles. The first kappa shape index (κ1) is 7.68. The third-order valence-electron chi connectivity index (χ3n) is 0.687. The van der Waals surface area contributed by atoms with Crippen LogP contribution in [0.3, 0.4) is 0 Å². The quantitative estimate of drug-likeness (QED) is 0.140. The summed E-state index contributed by atoms with van der Waals surface area (Å²) in [5, 5.41) is 8.13. The lowest BCUT2D eigenvalue weighted by Gasteiger charge is -1.92. The number of aldehydes is 1. The molecule has 4 nitrogen and oxygen atoms in total. The molecule has 0 bridgehead atoms. The minimum Gasteiger partial charge on any atom is -0.515 e. The van der Waals surface area contributed by atoms with E-state index in [1.165, 1.54) is 0 Å². The third-order valence-corrected chi connectivity index (χ3v) is 0.687. The molecule has 0 rings (SSSR count). The molecule has 0 aromatic heterocycles. The van der Waals surface area contributed by atoms with Crippen molar-refractivity contribution in [2.45, 2.75) is 0 Å². The second-order valence-corrected chi connectivity index (χ2v) is 1.19. The Hall–Kier alpha value is -1.32. The van der Waals surface area contributed by atoms with Gasteiger partial charge in [-0.25, -0.2) is 4.79 Å². The average Bonchev–Trinajstić information content (AvgIpc) is 1.90. The highest BCUT2D eigenvalue weighted by molar-refractivity contribution is 6.07. The molecule has 0 fully saturated rings. The van der Waals surface area contributed by atoms with Crippen molar-refractivity contribution >= 4 is 12.3 Å². The van der Waals surface area contributed by atoms with Crippen molar-refractivity contribution in [3.8, 4) is 0 Å². The fourth-order valence-corrected chi connectivity index (χ4v) is 0.249. The first-order valence-corrected chi connectivity index (χ1v) is 2.14. The first-order valence-electron chi connectivity index (χ1n) is 2.14. The normalized spacial score (nSPS) is 10.6. The van der Waals surface area contributed by atoms with Crippen molar-refractivity contribution in [1.82, 2.24) is 0 Å². The largest absolute Gasteiger partial charge is 0.515 e. The maximum atomic E-state index is 10.3. The maximum absolute atomic E-state index is 10.3. The summed E-state index contributed by atoms with van der Waals surface area (Å²) < 4.78 is 4.10. The van der Waals surface area contributed by atoms with E-state index in [1.54, 1.807) is 0 Å². The van der Waals surface area contributed by atoms with Crippen LogP contribution >= 0.6 is 0 Å². The number of carbonyl (C=O) groups is 2. The van der Waals surface area contributed by atoms with E-state index in [4.69, 9.17) is 5.11 Å². The molecule has 0 atom stereocenters. The zero-order valence-electron chi connectivity index (χ0n) is 4.83. The monoisotopic (exact) mass is 130 g/mol. The maximum Gasteiger partial charge on any atom is 0.344 e. The van der Waals surface area contributed by atoms with Crippen molar-refractivity contribution in [3.05, 3.63) is 11.8 Å². The Morgan fingerprint density at radius 2 is 2.22 bits per heavy atom. The van der Waals surface area contributed by atoms with Crippen molar-refractivity contribution in [2.24, 2.45) is 0 Å². The van der Waals surface area contributed by atoms with Crippen LogP contribution in [-0.2, 0) is 14.3 Å². The molecule has 9 heavy (non-hydrogen) atoms. The highest BCUT2D eigenvalue weighted by atomic mass is 16.5. The number of aliphatic hydroxyl groups is 1. The Kier molecular flexibility index (Phi) is 3.12. The van der Waals surface area contributed by atoms with E-state index in [0.717, 1.165) is 7.11 Å². The molecule has 50 valence electrons. The van der Waals surface area contributed by atoms with Gasteiger partial charge < -0.3 is 9.84 Å². The van der Waals surface area contributed by atoms with E-state index in [1.807, 2.05) is 0 Å². The summed E-state index contributed by atoms with van der Waals surface area (Å²) >= 11 is 0. The van der Waals surface area contributed by atoms with E-state index in [-0.39, 0.29) is 6.29 Å². The summed E-state index contributed by atoms with van der Waals surface area (Å²) in [6.07, 6.45) is 0.616. The number of hydrogen-bond acceptors (Lipinski definition) is 4. The smallest absolute Gasteiger partial charge is 0.344 e. The summed E-state index contributed by atoms with van der Waals surface area (Å²) in [7, 11) is 1.12. The Balaban J connectivity index is 4.14. The highest BCUT2D eigenvalue weighted by Gasteiger charge is 2.06. The van der Waals surface area contributed by atoms with E-state index in [2.05, 4.69) is 4.74 Å². The molecule has 0 aliphatic carbocycles. The average molecular weight is 130 g/mol. The Bertz CT molecular complexity index is 147. The fourth-order valence-electron chi connectivity index (χ4n) is 0.249. The van der Waals surface area contributed by atoms with Crippen LogP contribution in [0.25, 0.3) is 0 Å². The molecular formula is C5H6O4. The lowest BCUT2D eigenvalue weighted by atomic mass is 10.3. The number of methoxy groups -OCH3 is 1. The molecular weight excluding hydrogens is 124 g/mol. The number of carbonyl (C=O) groups excluding carboxylic acids is 2. The summed E-state index contributed by atoms with van der Waals surface area (Å²) in [6, 6.07) is 0. The Morgan fingerprint density at radius 3 is 2.33 bits per heavy atom. The third kappa shape index (κ3) is 1.94. The molecule has 0 aliphatic heterocycles. The summed E-state index contributed by atoms with van der Waals surface area (Å²) in [4.78, 5) is 20.1. The predicted molar refractivity (Wildman–Crippen MR) is 28.8 cm³/mol. The van der Waals surface area contributed by atoms with Crippen LogP contribution in [0.4, 0.5) is 0 Å². The molecule has 0 unspecified atom stereocenters. The van der Waals surface area contributed by atoms with E-state index in [0.29, 0.717) is 6.26 Å². The zero-order valence-corrected chi connectivity index (χ0v) is 4.83. The lowest BCUT2D eigenvalue weighted by Crippen LogP contribution is -2.05. The molecule has 0 radical (unpaired) electrons. The Labute approximate surface area is 51.7 Å². The van der Waals surface area contributed by atoms with Crippen molar-refractivity contribution in [3.63, 3.8) is 0 Å². The van der Waals surface area contributed by atoms with Gasteiger partial charge >= 0.3 is 5.97 Å². The minimum atomic E-state index is -0.840. The summed E-state index contributed by atoms with van der Waals surface area (Å²) in [5.41, 5.74) is -0.391. The van der Waals surface area contributed by atoms with Crippen molar-refractivity contribution in [1.29, 1.82) is 0 Å². The second kappa shape index (κ2) is 3.65. The van der Waals surface area contributed by atoms with Crippen LogP contribution in [0.15, 0.2) is 11.8 Å². The SMILES string of the molecule is COC(=O)/C(C=O)=C/O. The molecule has 0 saturated carbocycles. The molecule has 0 spiro atoms. The van der Waals surface area contributed by atoms with Gasteiger partial charge in [0, 0.05) is 0 Å². The van der Waals surface area contributed by atoms with Crippen LogP contribution in [0.5, 0.6) is 0 Å². The molecule has 4 heteroatoms. The molecule has 0 aliphatic rings. The van der Waals surface area contributed by atoms with Gasteiger partial charge in [-0.05, 0) is 0 Å². The number of ether oxygens (including phenoxy) is 1. The topological polar surface area (TPSA) is 63.6 Å². The van der Waals surface area contributed by atoms with Crippen molar-refractivity contribution in [2.75, 3.05) is 7.11 Å². The van der Waals surface area contributed by atoms with Gasteiger partial charge in [0.25, 0.3) is 0 Å². The number of rotatable bonds is 2. The van der Waals surface area contributed by atoms with Gasteiger partial charge in [0.1, 0.15) is 5.57 Å². The van der Waals surface area contributed by atoms with Crippen LogP contribution in [0.1, 0.15) is 0 Å².